The van der Waals surface area contributed by atoms with Crippen LogP contribution in [-0.2, 0) is 0 Å². The Kier molecular flexibility index (Phi) is 4.81. The van der Waals surface area contributed by atoms with Crippen LogP contribution in [0, 0.1) is 5.92 Å². The summed E-state index contributed by atoms with van der Waals surface area (Å²) in [6.07, 6.45) is 8.34. The van der Waals surface area contributed by atoms with Gasteiger partial charge in [0.15, 0.2) is 0 Å². The SMILES string of the molecule is CC(C)(O)C(C)(C)NCCC1CCCCC1. The summed E-state index contributed by atoms with van der Waals surface area (Å²) in [5.41, 5.74) is -0.874. The number of hydrogen-bond donors (Lipinski definition) is 2. The van der Waals surface area contributed by atoms with Crippen LogP contribution >= 0.6 is 0 Å². The molecule has 0 bridgehead atoms. The lowest BCUT2D eigenvalue weighted by molar-refractivity contribution is -0.00501. The largest absolute Gasteiger partial charge is 0.389 e. The van der Waals surface area contributed by atoms with Crippen LogP contribution in [0.25, 0.3) is 0 Å². The van der Waals surface area contributed by atoms with Gasteiger partial charge in [0.2, 0.25) is 0 Å². The van der Waals surface area contributed by atoms with Gasteiger partial charge in [0.05, 0.1) is 5.60 Å². The van der Waals surface area contributed by atoms with Crippen LogP contribution in [0.15, 0.2) is 0 Å². The van der Waals surface area contributed by atoms with Crippen LogP contribution in [0.2, 0.25) is 0 Å². The molecule has 0 saturated heterocycles. The summed E-state index contributed by atoms with van der Waals surface area (Å²) < 4.78 is 0. The Hall–Kier alpha value is -0.0800. The lowest BCUT2D eigenvalue weighted by Crippen LogP contribution is -2.56. The Labute approximate surface area is 101 Å². The molecule has 2 nitrogen and oxygen atoms in total. The number of aliphatic hydroxyl groups is 1. The van der Waals surface area contributed by atoms with E-state index in [1.807, 2.05) is 13.8 Å². The van der Waals surface area contributed by atoms with Gasteiger partial charge in [-0.3, -0.25) is 0 Å². The summed E-state index contributed by atoms with van der Waals surface area (Å²) in [7, 11) is 0. The summed E-state index contributed by atoms with van der Waals surface area (Å²) >= 11 is 0. The zero-order valence-electron chi connectivity index (χ0n) is 11.5. The predicted molar refractivity (Wildman–Crippen MR) is 69.6 cm³/mol. The molecule has 1 fully saturated rings. The average Bonchev–Trinajstić information content (AvgIpc) is 2.17. The molecule has 0 unspecified atom stereocenters. The highest BCUT2D eigenvalue weighted by molar-refractivity contribution is 4.93. The normalized spacial score (nSPS) is 20.1. The van der Waals surface area contributed by atoms with E-state index in [2.05, 4.69) is 19.2 Å². The van der Waals surface area contributed by atoms with Crippen LogP contribution < -0.4 is 5.32 Å². The quantitative estimate of drug-likeness (QED) is 0.756. The van der Waals surface area contributed by atoms with E-state index < -0.39 is 5.60 Å². The van der Waals surface area contributed by atoms with Crippen LogP contribution in [-0.4, -0.2) is 22.8 Å². The molecule has 1 rings (SSSR count). The maximum Gasteiger partial charge on any atom is 0.0767 e. The molecular formula is C14H29NO. The molecule has 0 aromatic heterocycles. The summed E-state index contributed by atoms with van der Waals surface area (Å²) in [6.45, 7) is 8.94. The fourth-order valence-corrected chi connectivity index (χ4v) is 2.28. The molecule has 0 radical (unpaired) electrons. The Morgan fingerprint density at radius 2 is 1.62 bits per heavy atom. The highest BCUT2D eigenvalue weighted by Crippen LogP contribution is 2.26. The zero-order chi connectivity index (χ0) is 12.2. The van der Waals surface area contributed by atoms with E-state index in [4.69, 9.17) is 0 Å². The molecule has 1 aliphatic rings. The molecule has 0 aliphatic heterocycles. The third-order valence-electron chi connectivity index (χ3n) is 4.37. The number of hydrogen-bond acceptors (Lipinski definition) is 2. The molecule has 0 heterocycles. The van der Waals surface area contributed by atoms with Crippen molar-refractivity contribution in [3.63, 3.8) is 0 Å². The number of nitrogens with one attached hydrogen (secondary N) is 1. The van der Waals surface area contributed by atoms with E-state index in [9.17, 15) is 5.11 Å². The van der Waals surface area contributed by atoms with Crippen molar-refractivity contribution >= 4 is 0 Å². The van der Waals surface area contributed by atoms with E-state index in [0.717, 1.165) is 12.5 Å². The second kappa shape index (κ2) is 5.50. The molecule has 1 aliphatic carbocycles. The van der Waals surface area contributed by atoms with E-state index >= 15 is 0 Å². The van der Waals surface area contributed by atoms with Gasteiger partial charge in [0.1, 0.15) is 0 Å². The zero-order valence-corrected chi connectivity index (χ0v) is 11.5. The smallest absolute Gasteiger partial charge is 0.0767 e. The van der Waals surface area contributed by atoms with Crippen molar-refractivity contribution in [2.75, 3.05) is 6.54 Å². The van der Waals surface area contributed by atoms with Gasteiger partial charge in [-0.2, -0.15) is 0 Å². The molecule has 0 aromatic rings. The van der Waals surface area contributed by atoms with Crippen LogP contribution in [0.3, 0.4) is 0 Å². The topological polar surface area (TPSA) is 32.3 Å². The molecule has 2 heteroatoms. The minimum atomic E-state index is -0.667. The third kappa shape index (κ3) is 4.06. The molecular weight excluding hydrogens is 198 g/mol. The Balaban J connectivity index is 2.23. The van der Waals surface area contributed by atoms with Crippen molar-refractivity contribution in [2.24, 2.45) is 5.92 Å². The van der Waals surface area contributed by atoms with Gasteiger partial charge >= 0.3 is 0 Å². The molecule has 0 aromatic carbocycles. The first-order valence-corrected chi connectivity index (χ1v) is 6.80. The van der Waals surface area contributed by atoms with Crippen molar-refractivity contribution in [1.82, 2.24) is 5.32 Å². The molecule has 0 amide bonds. The Morgan fingerprint density at radius 3 is 2.12 bits per heavy atom. The molecule has 16 heavy (non-hydrogen) atoms. The summed E-state index contributed by atoms with van der Waals surface area (Å²) in [5.74, 6) is 0.916. The first-order chi connectivity index (χ1) is 7.33. The summed E-state index contributed by atoms with van der Waals surface area (Å²) in [5, 5.41) is 13.5. The van der Waals surface area contributed by atoms with E-state index in [-0.39, 0.29) is 5.54 Å². The van der Waals surface area contributed by atoms with Crippen molar-refractivity contribution in [1.29, 1.82) is 0 Å². The van der Waals surface area contributed by atoms with Crippen molar-refractivity contribution in [3.8, 4) is 0 Å². The fourth-order valence-electron chi connectivity index (χ4n) is 2.28. The molecule has 2 N–H and O–H groups in total. The lowest BCUT2D eigenvalue weighted by Gasteiger charge is -2.38. The van der Waals surface area contributed by atoms with E-state index in [1.165, 1.54) is 38.5 Å². The summed E-state index contributed by atoms with van der Waals surface area (Å²) in [6, 6.07) is 0. The fraction of sp³-hybridized carbons (Fsp3) is 1.00. The Morgan fingerprint density at radius 1 is 1.06 bits per heavy atom. The third-order valence-corrected chi connectivity index (χ3v) is 4.37. The first kappa shape index (κ1) is 14.0. The predicted octanol–water partition coefficient (Wildman–Crippen LogP) is 3.10. The van der Waals surface area contributed by atoms with Crippen molar-refractivity contribution in [3.05, 3.63) is 0 Å². The van der Waals surface area contributed by atoms with Gasteiger partial charge in [0.25, 0.3) is 0 Å². The van der Waals surface area contributed by atoms with Crippen LogP contribution in [0.1, 0.15) is 66.2 Å². The average molecular weight is 227 g/mol. The first-order valence-electron chi connectivity index (χ1n) is 6.80. The monoisotopic (exact) mass is 227 g/mol. The van der Waals surface area contributed by atoms with Gasteiger partial charge in [0, 0.05) is 5.54 Å². The standard InChI is InChI=1S/C14H29NO/c1-13(2,14(3,4)16)15-11-10-12-8-6-5-7-9-12/h12,15-16H,5-11H2,1-4H3. The van der Waals surface area contributed by atoms with Crippen LogP contribution in [0.4, 0.5) is 0 Å². The highest BCUT2D eigenvalue weighted by Gasteiger charge is 2.34. The maximum absolute atomic E-state index is 10.0. The van der Waals surface area contributed by atoms with E-state index in [1.54, 1.807) is 0 Å². The van der Waals surface area contributed by atoms with Gasteiger partial charge in [-0.15, -0.1) is 0 Å². The minimum Gasteiger partial charge on any atom is -0.389 e. The van der Waals surface area contributed by atoms with Gasteiger partial charge in [-0.25, -0.2) is 0 Å². The Bertz CT molecular complexity index is 199. The second-order valence-corrected chi connectivity index (χ2v) is 6.40. The van der Waals surface area contributed by atoms with Gasteiger partial charge in [-0.1, -0.05) is 32.1 Å². The van der Waals surface area contributed by atoms with Crippen molar-refractivity contribution in [2.45, 2.75) is 77.4 Å². The maximum atomic E-state index is 10.0. The van der Waals surface area contributed by atoms with Crippen LogP contribution in [0.5, 0.6) is 0 Å². The van der Waals surface area contributed by atoms with Gasteiger partial charge < -0.3 is 10.4 Å². The van der Waals surface area contributed by atoms with Gasteiger partial charge in [-0.05, 0) is 46.6 Å². The molecule has 0 spiro atoms. The lowest BCUT2D eigenvalue weighted by atomic mass is 9.84. The molecule has 96 valence electrons. The minimum absolute atomic E-state index is 0.207. The molecule has 1 saturated carbocycles. The van der Waals surface area contributed by atoms with E-state index in [0.29, 0.717) is 0 Å². The summed E-state index contributed by atoms with van der Waals surface area (Å²) in [4.78, 5) is 0. The second-order valence-electron chi connectivity index (χ2n) is 6.40. The number of rotatable bonds is 5. The van der Waals surface area contributed by atoms with Crippen molar-refractivity contribution < 1.29 is 5.11 Å². The molecule has 0 atom stereocenters. The highest BCUT2D eigenvalue weighted by atomic mass is 16.3.